The number of rotatable bonds is 5. The number of anilines is 1. The van der Waals surface area contributed by atoms with Crippen LogP contribution >= 0.6 is 15.9 Å². The van der Waals surface area contributed by atoms with Crippen LogP contribution in [0.5, 0.6) is 5.75 Å². The lowest BCUT2D eigenvalue weighted by Crippen LogP contribution is -2.20. The number of halogens is 1. The number of nitrogens with zero attached hydrogens (tertiary/aromatic N) is 1. The molecule has 7 heteroatoms. The first-order valence-corrected chi connectivity index (χ1v) is 7.60. The average Bonchev–Trinajstić information content (AvgIpc) is 2.50. The number of carbonyl (C=O) groups excluding carboxylic acids is 1. The fourth-order valence-corrected chi connectivity index (χ4v) is 2.39. The Morgan fingerprint density at radius 3 is 2.70 bits per heavy atom. The van der Waals surface area contributed by atoms with Crippen LogP contribution < -0.4 is 10.1 Å². The summed E-state index contributed by atoms with van der Waals surface area (Å²) in [6.45, 7) is 3.75. The van der Waals surface area contributed by atoms with Crippen molar-refractivity contribution in [2.45, 2.75) is 13.8 Å². The van der Waals surface area contributed by atoms with Crippen LogP contribution in [0.1, 0.15) is 11.1 Å². The van der Waals surface area contributed by atoms with Gasteiger partial charge >= 0.3 is 0 Å². The molecule has 1 amide bonds. The second-order valence-electron chi connectivity index (χ2n) is 4.96. The molecule has 0 aliphatic heterocycles. The topological polar surface area (TPSA) is 81.5 Å². The van der Waals surface area contributed by atoms with E-state index in [1.165, 1.54) is 18.2 Å². The van der Waals surface area contributed by atoms with Crippen LogP contribution in [-0.2, 0) is 4.79 Å². The van der Waals surface area contributed by atoms with Gasteiger partial charge in [-0.3, -0.25) is 14.9 Å². The van der Waals surface area contributed by atoms with Gasteiger partial charge in [0.05, 0.1) is 10.6 Å². The highest BCUT2D eigenvalue weighted by Gasteiger charge is 2.12. The first-order chi connectivity index (χ1) is 10.9. The highest BCUT2D eigenvalue weighted by atomic mass is 79.9. The number of nitro benzene ring substituents is 1. The third-order valence-electron chi connectivity index (χ3n) is 3.35. The van der Waals surface area contributed by atoms with Crippen LogP contribution in [0, 0.1) is 24.0 Å². The van der Waals surface area contributed by atoms with Crippen molar-refractivity contribution in [3.05, 3.63) is 62.1 Å². The first kappa shape index (κ1) is 17.0. The maximum Gasteiger partial charge on any atom is 0.270 e. The molecule has 23 heavy (non-hydrogen) atoms. The van der Waals surface area contributed by atoms with Crippen molar-refractivity contribution in [2.24, 2.45) is 0 Å². The summed E-state index contributed by atoms with van der Waals surface area (Å²) in [7, 11) is 0. The van der Waals surface area contributed by atoms with Gasteiger partial charge in [0.15, 0.2) is 6.61 Å². The zero-order valence-electron chi connectivity index (χ0n) is 12.6. The molecule has 2 rings (SSSR count). The Morgan fingerprint density at radius 1 is 1.30 bits per heavy atom. The molecule has 0 aliphatic rings. The maximum atomic E-state index is 12.0. The van der Waals surface area contributed by atoms with E-state index in [2.05, 4.69) is 21.2 Å². The maximum absolute atomic E-state index is 12.0. The lowest BCUT2D eigenvalue weighted by molar-refractivity contribution is -0.384. The van der Waals surface area contributed by atoms with E-state index in [9.17, 15) is 14.9 Å². The predicted molar refractivity (Wildman–Crippen MR) is 90.8 cm³/mol. The summed E-state index contributed by atoms with van der Waals surface area (Å²) in [5, 5.41) is 13.3. The third kappa shape index (κ3) is 4.29. The highest BCUT2D eigenvalue weighted by molar-refractivity contribution is 9.10. The quantitative estimate of drug-likeness (QED) is 0.629. The molecular formula is C16H15BrN2O4. The van der Waals surface area contributed by atoms with Gasteiger partial charge in [-0.15, -0.1) is 0 Å². The van der Waals surface area contributed by atoms with E-state index >= 15 is 0 Å². The minimum absolute atomic E-state index is 0.0542. The Balaban J connectivity index is 2.00. The number of aryl methyl sites for hydroxylation is 1. The molecule has 0 aromatic heterocycles. The predicted octanol–water partition coefficient (Wildman–Crippen LogP) is 3.99. The first-order valence-electron chi connectivity index (χ1n) is 6.81. The standard InChI is InChI=1S/C16H15BrN2O4/c1-10-4-3-5-15(11(10)2)23-9-16(20)18-14-7-6-12(19(21)22)8-13(14)17/h3-8H,9H2,1-2H3,(H,18,20). The normalized spacial score (nSPS) is 10.2. The smallest absolute Gasteiger partial charge is 0.270 e. The van der Waals surface area contributed by atoms with Crippen LogP contribution in [0.3, 0.4) is 0 Å². The second-order valence-corrected chi connectivity index (χ2v) is 5.81. The summed E-state index contributed by atoms with van der Waals surface area (Å²) in [6.07, 6.45) is 0. The number of benzene rings is 2. The number of ether oxygens (including phenoxy) is 1. The lowest BCUT2D eigenvalue weighted by atomic mass is 10.1. The van der Waals surface area contributed by atoms with Gasteiger partial charge in [-0.2, -0.15) is 0 Å². The number of non-ortho nitro benzene ring substituents is 1. The van der Waals surface area contributed by atoms with Crippen molar-refractivity contribution in [3.63, 3.8) is 0 Å². The van der Waals surface area contributed by atoms with Gasteiger partial charge in [0.1, 0.15) is 5.75 Å². The Bertz CT molecular complexity index is 762. The molecule has 0 aliphatic carbocycles. The third-order valence-corrected chi connectivity index (χ3v) is 4.01. The van der Waals surface area contributed by atoms with Crippen molar-refractivity contribution in [1.82, 2.24) is 0 Å². The SMILES string of the molecule is Cc1cccc(OCC(=O)Nc2ccc([N+](=O)[O-])cc2Br)c1C. The van der Waals surface area contributed by atoms with Gasteiger partial charge in [-0.1, -0.05) is 12.1 Å². The molecule has 1 N–H and O–H groups in total. The van der Waals surface area contributed by atoms with Crippen molar-refractivity contribution < 1.29 is 14.5 Å². The summed E-state index contributed by atoms with van der Waals surface area (Å²) in [5.41, 5.74) is 2.46. The number of nitrogens with one attached hydrogen (secondary N) is 1. The van der Waals surface area contributed by atoms with Crippen LogP contribution in [0.15, 0.2) is 40.9 Å². The zero-order valence-corrected chi connectivity index (χ0v) is 14.2. The monoisotopic (exact) mass is 378 g/mol. The van der Waals surface area contributed by atoms with Crippen molar-refractivity contribution in [3.8, 4) is 5.75 Å². The summed E-state index contributed by atoms with van der Waals surface area (Å²) < 4.78 is 5.95. The van der Waals surface area contributed by atoms with Crippen molar-refractivity contribution in [2.75, 3.05) is 11.9 Å². The summed E-state index contributed by atoms with van der Waals surface area (Å²) in [6, 6.07) is 9.77. The van der Waals surface area contributed by atoms with Crippen LogP contribution in [0.25, 0.3) is 0 Å². The molecule has 120 valence electrons. The Kier molecular flexibility index (Phi) is 5.33. The van der Waals surface area contributed by atoms with E-state index in [0.29, 0.717) is 15.9 Å². The van der Waals surface area contributed by atoms with Crippen molar-refractivity contribution >= 4 is 33.2 Å². The van der Waals surface area contributed by atoms with Crippen LogP contribution in [-0.4, -0.2) is 17.4 Å². The largest absolute Gasteiger partial charge is 0.483 e. The molecule has 0 saturated heterocycles. The number of amides is 1. The summed E-state index contributed by atoms with van der Waals surface area (Å²) in [4.78, 5) is 22.1. The summed E-state index contributed by atoms with van der Waals surface area (Å²) in [5.74, 6) is 0.309. The molecule has 6 nitrogen and oxygen atoms in total. The molecule has 0 spiro atoms. The fraction of sp³-hybridized carbons (Fsp3) is 0.188. The molecule has 0 heterocycles. The lowest BCUT2D eigenvalue weighted by Gasteiger charge is -2.11. The van der Waals surface area contributed by atoms with Gasteiger partial charge in [-0.05, 0) is 53.0 Å². The van der Waals surface area contributed by atoms with E-state index in [1.54, 1.807) is 6.07 Å². The summed E-state index contributed by atoms with van der Waals surface area (Å²) >= 11 is 3.20. The number of carbonyl (C=O) groups is 1. The molecule has 0 fully saturated rings. The number of hydrogen-bond acceptors (Lipinski definition) is 4. The fourth-order valence-electron chi connectivity index (χ4n) is 1.93. The molecule has 0 unspecified atom stereocenters. The van der Waals surface area contributed by atoms with E-state index < -0.39 is 4.92 Å². The Labute approximate surface area is 141 Å². The van der Waals surface area contributed by atoms with E-state index in [1.807, 2.05) is 26.0 Å². The Morgan fingerprint density at radius 2 is 2.04 bits per heavy atom. The minimum Gasteiger partial charge on any atom is -0.483 e. The average molecular weight is 379 g/mol. The van der Waals surface area contributed by atoms with Crippen LogP contribution in [0.4, 0.5) is 11.4 Å². The molecule has 2 aromatic carbocycles. The molecule has 0 atom stereocenters. The van der Waals surface area contributed by atoms with E-state index in [0.717, 1.165) is 11.1 Å². The van der Waals surface area contributed by atoms with E-state index in [-0.39, 0.29) is 18.2 Å². The second kappa shape index (κ2) is 7.23. The molecule has 0 radical (unpaired) electrons. The van der Waals surface area contributed by atoms with E-state index in [4.69, 9.17) is 4.74 Å². The molecule has 0 saturated carbocycles. The number of hydrogen-bond donors (Lipinski definition) is 1. The van der Waals surface area contributed by atoms with Gasteiger partial charge < -0.3 is 10.1 Å². The number of nitro groups is 1. The van der Waals surface area contributed by atoms with Crippen LogP contribution in [0.2, 0.25) is 0 Å². The molecule has 2 aromatic rings. The van der Waals surface area contributed by atoms with Gasteiger partial charge in [0.25, 0.3) is 11.6 Å². The van der Waals surface area contributed by atoms with Gasteiger partial charge in [-0.25, -0.2) is 0 Å². The van der Waals surface area contributed by atoms with Gasteiger partial charge in [0.2, 0.25) is 0 Å². The van der Waals surface area contributed by atoms with Gasteiger partial charge in [0, 0.05) is 16.6 Å². The zero-order chi connectivity index (χ0) is 17.0. The molecular weight excluding hydrogens is 364 g/mol. The van der Waals surface area contributed by atoms with Crippen molar-refractivity contribution in [1.29, 1.82) is 0 Å². The Hall–Kier alpha value is -2.41. The minimum atomic E-state index is -0.500. The molecule has 0 bridgehead atoms. The highest BCUT2D eigenvalue weighted by Crippen LogP contribution is 2.27.